The number of nitrogens with zero attached hydrogens (tertiary/aromatic N) is 1. The van der Waals surface area contributed by atoms with E-state index in [1.165, 1.54) is 49.6 Å². The minimum Gasteiger partial charge on any atom is -1.00 e. The third-order valence-electron chi connectivity index (χ3n) is 6.96. The van der Waals surface area contributed by atoms with Crippen LogP contribution in [0.2, 0.25) is 0 Å². The van der Waals surface area contributed by atoms with Crippen molar-refractivity contribution in [2.75, 3.05) is 20.1 Å². The SMILES string of the molecule is C=CC[N+]1(C)CC[C@]23CCCC[C@H]2[C@H]1Cc1ccccc13.[Cl-]. The average molecular weight is 318 g/mol. The molecule has 0 spiro atoms. The quantitative estimate of drug-likeness (QED) is 0.566. The van der Waals surface area contributed by atoms with Crippen molar-refractivity contribution < 1.29 is 16.9 Å². The highest BCUT2D eigenvalue weighted by Gasteiger charge is 2.58. The van der Waals surface area contributed by atoms with Gasteiger partial charge in [0.25, 0.3) is 0 Å². The summed E-state index contributed by atoms with van der Waals surface area (Å²) in [6.45, 7) is 6.51. The van der Waals surface area contributed by atoms with Crippen molar-refractivity contribution in [1.29, 1.82) is 0 Å². The summed E-state index contributed by atoms with van der Waals surface area (Å²) in [5.74, 6) is 0.903. The second-order valence-corrected chi connectivity index (χ2v) is 7.86. The number of halogens is 1. The predicted molar refractivity (Wildman–Crippen MR) is 88.3 cm³/mol. The zero-order valence-corrected chi connectivity index (χ0v) is 14.5. The number of likely N-dealkylation sites (N-methyl/N-ethyl adjacent to an activating group) is 1. The summed E-state index contributed by atoms with van der Waals surface area (Å²) >= 11 is 0. The molecule has 22 heavy (non-hydrogen) atoms. The Hall–Kier alpha value is -0.790. The van der Waals surface area contributed by atoms with Crippen LogP contribution in [0.5, 0.6) is 0 Å². The molecule has 2 aliphatic carbocycles. The normalized spacial score (nSPS) is 39.1. The van der Waals surface area contributed by atoms with E-state index in [2.05, 4.69) is 44.0 Å². The molecule has 0 amide bonds. The zero-order chi connectivity index (χ0) is 14.5. The minimum absolute atomic E-state index is 0. The Morgan fingerprint density at radius 3 is 2.91 bits per heavy atom. The molecule has 4 rings (SSSR count). The molecule has 1 heterocycles. The largest absolute Gasteiger partial charge is 1.00 e. The van der Waals surface area contributed by atoms with E-state index in [9.17, 15) is 0 Å². The lowest BCUT2D eigenvalue weighted by Crippen LogP contribution is -3.00. The van der Waals surface area contributed by atoms with E-state index in [1.54, 1.807) is 11.1 Å². The van der Waals surface area contributed by atoms with Crippen molar-refractivity contribution in [2.45, 2.75) is 50.0 Å². The van der Waals surface area contributed by atoms with Crippen molar-refractivity contribution in [3.8, 4) is 0 Å². The summed E-state index contributed by atoms with van der Waals surface area (Å²) in [5, 5.41) is 0. The number of hydrogen-bond donors (Lipinski definition) is 0. The lowest BCUT2D eigenvalue weighted by molar-refractivity contribution is -0.940. The Morgan fingerprint density at radius 2 is 2.09 bits per heavy atom. The van der Waals surface area contributed by atoms with Gasteiger partial charge in [-0.05, 0) is 30.0 Å². The smallest absolute Gasteiger partial charge is 0.0971 e. The fourth-order valence-electron chi connectivity index (χ4n) is 5.96. The van der Waals surface area contributed by atoms with Crippen molar-refractivity contribution in [1.82, 2.24) is 0 Å². The molecule has 1 unspecified atom stereocenters. The average Bonchev–Trinajstić information content (AvgIpc) is 2.52. The van der Waals surface area contributed by atoms with Gasteiger partial charge in [-0.2, -0.15) is 0 Å². The molecule has 1 aromatic rings. The number of fused-ring (bicyclic) bond motifs is 1. The van der Waals surface area contributed by atoms with Gasteiger partial charge in [-0.15, -0.1) is 0 Å². The van der Waals surface area contributed by atoms with Crippen LogP contribution in [0.4, 0.5) is 0 Å². The third kappa shape index (κ3) is 2.09. The maximum atomic E-state index is 4.04. The molecule has 0 radical (unpaired) electrons. The summed E-state index contributed by atoms with van der Waals surface area (Å²) in [4.78, 5) is 0. The van der Waals surface area contributed by atoms with E-state index in [-0.39, 0.29) is 12.4 Å². The van der Waals surface area contributed by atoms with Gasteiger partial charge in [-0.1, -0.05) is 43.7 Å². The molecule has 1 aliphatic heterocycles. The van der Waals surface area contributed by atoms with Crippen LogP contribution in [0.1, 0.15) is 43.2 Å². The molecule has 1 saturated carbocycles. The molecule has 1 aromatic carbocycles. The van der Waals surface area contributed by atoms with Crippen LogP contribution in [0.15, 0.2) is 36.9 Å². The molecule has 3 aliphatic rings. The number of hydrogen-bond acceptors (Lipinski definition) is 0. The molecule has 120 valence electrons. The maximum absolute atomic E-state index is 4.04. The summed E-state index contributed by atoms with van der Waals surface area (Å²) in [5.41, 5.74) is 3.88. The van der Waals surface area contributed by atoms with E-state index in [0.717, 1.165) is 18.5 Å². The molecule has 0 aromatic heterocycles. The fraction of sp³-hybridized carbons (Fsp3) is 0.600. The van der Waals surface area contributed by atoms with Crippen molar-refractivity contribution in [2.24, 2.45) is 5.92 Å². The topological polar surface area (TPSA) is 0 Å². The van der Waals surface area contributed by atoms with E-state index in [0.29, 0.717) is 5.41 Å². The van der Waals surface area contributed by atoms with Crippen LogP contribution in [-0.2, 0) is 11.8 Å². The van der Waals surface area contributed by atoms with Gasteiger partial charge in [0.05, 0.1) is 26.2 Å². The molecular formula is C20H28ClN. The molecule has 0 N–H and O–H groups in total. The first kappa shape index (κ1) is 16.1. The van der Waals surface area contributed by atoms with Gasteiger partial charge in [0.15, 0.2) is 0 Å². The van der Waals surface area contributed by atoms with E-state index in [4.69, 9.17) is 0 Å². The summed E-state index contributed by atoms with van der Waals surface area (Å²) in [6.07, 6.45) is 10.6. The van der Waals surface area contributed by atoms with Gasteiger partial charge in [-0.25, -0.2) is 0 Å². The monoisotopic (exact) mass is 317 g/mol. The maximum Gasteiger partial charge on any atom is 0.0971 e. The first-order valence-corrected chi connectivity index (χ1v) is 8.73. The summed E-state index contributed by atoms with van der Waals surface area (Å²) < 4.78 is 1.23. The molecule has 4 atom stereocenters. The summed E-state index contributed by atoms with van der Waals surface area (Å²) in [7, 11) is 2.48. The van der Waals surface area contributed by atoms with Crippen molar-refractivity contribution in [3.05, 3.63) is 48.0 Å². The van der Waals surface area contributed by atoms with Gasteiger partial charge in [0.2, 0.25) is 0 Å². The molecule has 2 fully saturated rings. The van der Waals surface area contributed by atoms with Crippen molar-refractivity contribution >= 4 is 0 Å². The van der Waals surface area contributed by atoms with Crippen LogP contribution < -0.4 is 12.4 Å². The van der Waals surface area contributed by atoms with Crippen LogP contribution >= 0.6 is 0 Å². The molecule has 1 saturated heterocycles. The number of benzene rings is 1. The molecule has 1 nitrogen and oxygen atoms in total. The molecule has 2 bridgehead atoms. The van der Waals surface area contributed by atoms with Gasteiger partial charge < -0.3 is 16.9 Å². The van der Waals surface area contributed by atoms with Crippen molar-refractivity contribution in [3.63, 3.8) is 0 Å². The standard InChI is InChI=1S/C20H28N.ClH/c1-3-13-21(2)14-12-20-11-7-6-10-18(20)19(21)15-16-8-4-5-9-17(16)20;/h3-5,8-9,18-19H,1,6-7,10-15H2,2H3;1H/q+1;/p-1/t18-,19+,20-,21?;/m0./s1. The predicted octanol–water partition coefficient (Wildman–Crippen LogP) is 1.08. The third-order valence-corrected chi connectivity index (χ3v) is 6.96. The van der Waals surface area contributed by atoms with E-state index >= 15 is 0 Å². The highest BCUT2D eigenvalue weighted by Crippen LogP contribution is 2.56. The number of quaternary nitrogens is 1. The Balaban J connectivity index is 0.00000144. The van der Waals surface area contributed by atoms with Crippen LogP contribution in [0.3, 0.4) is 0 Å². The first-order chi connectivity index (χ1) is 10.2. The Morgan fingerprint density at radius 1 is 1.27 bits per heavy atom. The number of piperidine rings is 1. The fourth-order valence-corrected chi connectivity index (χ4v) is 5.96. The van der Waals surface area contributed by atoms with Gasteiger partial charge in [0.1, 0.15) is 0 Å². The molecular weight excluding hydrogens is 290 g/mol. The lowest BCUT2D eigenvalue weighted by atomic mass is 9.52. The first-order valence-electron chi connectivity index (χ1n) is 8.73. The van der Waals surface area contributed by atoms with Crippen LogP contribution in [-0.4, -0.2) is 30.7 Å². The minimum atomic E-state index is 0. The zero-order valence-electron chi connectivity index (χ0n) is 13.7. The lowest BCUT2D eigenvalue weighted by Gasteiger charge is -2.61. The highest BCUT2D eigenvalue weighted by atomic mass is 35.5. The second-order valence-electron chi connectivity index (χ2n) is 7.86. The van der Waals surface area contributed by atoms with E-state index < -0.39 is 0 Å². The van der Waals surface area contributed by atoms with E-state index in [1.807, 2.05) is 0 Å². The Bertz CT molecular complexity index is 569. The number of rotatable bonds is 2. The van der Waals surface area contributed by atoms with Crippen LogP contribution in [0.25, 0.3) is 0 Å². The highest BCUT2D eigenvalue weighted by molar-refractivity contribution is 5.40. The Labute approximate surface area is 141 Å². The summed E-state index contributed by atoms with van der Waals surface area (Å²) in [6, 6.07) is 10.2. The number of likely N-dealkylation sites (tertiary alicyclic amines) is 1. The van der Waals surface area contributed by atoms with Gasteiger partial charge >= 0.3 is 0 Å². The Kier molecular flexibility index (Phi) is 4.16. The second kappa shape index (κ2) is 5.69. The molecule has 2 heteroatoms. The van der Waals surface area contributed by atoms with Crippen LogP contribution in [0, 0.1) is 5.92 Å². The van der Waals surface area contributed by atoms with Gasteiger partial charge in [0, 0.05) is 24.2 Å². The van der Waals surface area contributed by atoms with Gasteiger partial charge in [-0.3, -0.25) is 0 Å².